The normalized spacial score (nSPS) is 13.2. The van der Waals surface area contributed by atoms with Gasteiger partial charge in [0.15, 0.2) is 0 Å². The van der Waals surface area contributed by atoms with Gasteiger partial charge in [0, 0.05) is 5.39 Å². The molecular weight excluding hydrogens is 472 g/mol. The van der Waals surface area contributed by atoms with Crippen LogP contribution in [-0.4, -0.2) is 38.9 Å². The van der Waals surface area contributed by atoms with E-state index >= 15 is 0 Å². The van der Waals surface area contributed by atoms with Gasteiger partial charge in [0.25, 0.3) is 30.4 Å². The molecule has 0 saturated carbocycles. The van der Waals surface area contributed by atoms with E-state index in [9.17, 15) is 38.9 Å². The highest BCUT2D eigenvalue weighted by Crippen LogP contribution is 2.34. The summed E-state index contributed by atoms with van der Waals surface area (Å²) >= 11 is 0. The van der Waals surface area contributed by atoms with Gasteiger partial charge in [0.2, 0.25) is 0 Å². The van der Waals surface area contributed by atoms with Crippen LogP contribution in [0.15, 0.2) is 73.4 Å². The molecule has 0 heterocycles. The summed E-state index contributed by atoms with van der Waals surface area (Å²) in [6, 6.07) is 9.03. The Morgan fingerprint density at radius 1 is 0.613 bits per heavy atom. The number of azo groups is 1. The third-order valence-electron chi connectivity index (χ3n) is 4.25. The molecule has 0 fully saturated rings. The van der Waals surface area contributed by atoms with E-state index in [2.05, 4.69) is 10.2 Å². The van der Waals surface area contributed by atoms with Crippen molar-refractivity contribution >= 4 is 52.5 Å². The number of rotatable bonds is 5. The van der Waals surface area contributed by atoms with Gasteiger partial charge in [0.1, 0.15) is 10.6 Å². The van der Waals surface area contributed by atoms with Gasteiger partial charge in [-0.1, -0.05) is 12.1 Å². The van der Waals surface area contributed by atoms with Crippen LogP contribution in [0, 0.1) is 6.92 Å². The summed E-state index contributed by atoms with van der Waals surface area (Å²) in [6.45, 7) is 1.68. The Balaban J connectivity index is 2.21. The predicted molar refractivity (Wildman–Crippen MR) is 109 cm³/mol. The smallest absolute Gasteiger partial charge is 0.282 e. The van der Waals surface area contributed by atoms with Crippen LogP contribution in [0.2, 0.25) is 0 Å². The standard InChI is InChI=1S/C17H14N2O9S3/c1-10-2-6-15(13-5-3-11(8-14(10)13)29(20,21)22)18-19-16-9-12(30(23,24)25)4-7-17(16)31(26,27)28/h2-9H,1H3,(H,20,21,22)(H,23,24,25)(H,26,27,28). The van der Waals surface area contributed by atoms with Gasteiger partial charge in [-0.2, -0.15) is 25.3 Å². The first-order valence-corrected chi connectivity index (χ1v) is 12.5. The van der Waals surface area contributed by atoms with Crippen LogP contribution < -0.4 is 0 Å². The van der Waals surface area contributed by atoms with Crippen molar-refractivity contribution in [3.8, 4) is 0 Å². The molecule has 3 aromatic carbocycles. The maximum absolute atomic E-state index is 11.6. The second-order valence-corrected chi connectivity index (χ2v) is 10.6. The molecular formula is C17H14N2O9S3. The fourth-order valence-electron chi connectivity index (χ4n) is 2.77. The zero-order valence-corrected chi connectivity index (χ0v) is 18.0. The molecule has 31 heavy (non-hydrogen) atoms. The molecule has 0 bridgehead atoms. The molecule has 0 saturated heterocycles. The van der Waals surface area contributed by atoms with Gasteiger partial charge in [-0.25, -0.2) is 0 Å². The lowest BCUT2D eigenvalue weighted by Crippen LogP contribution is -2.02. The molecule has 14 heteroatoms. The molecule has 3 aromatic rings. The summed E-state index contributed by atoms with van der Waals surface area (Å²) in [7, 11) is -13.9. The Bertz CT molecular complexity index is 1560. The molecule has 0 unspecified atom stereocenters. The molecule has 3 rings (SSSR count). The molecule has 0 spiro atoms. The zero-order valence-electron chi connectivity index (χ0n) is 15.5. The van der Waals surface area contributed by atoms with Crippen LogP contribution in [0.4, 0.5) is 11.4 Å². The summed E-state index contributed by atoms with van der Waals surface area (Å²) in [4.78, 5) is -1.75. The molecule has 0 aliphatic rings. The van der Waals surface area contributed by atoms with E-state index in [1.54, 1.807) is 13.0 Å². The molecule has 3 N–H and O–H groups in total. The third kappa shape index (κ3) is 4.95. The fourth-order valence-corrected chi connectivity index (χ4v) is 4.38. The van der Waals surface area contributed by atoms with E-state index in [4.69, 9.17) is 0 Å². The van der Waals surface area contributed by atoms with E-state index in [1.807, 2.05) is 0 Å². The van der Waals surface area contributed by atoms with E-state index < -0.39 is 45.8 Å². The number of nitrogens with zero attached hydrogens (tertiary/aromatic N) is 2. The molecule has 0 radical (unpaired) electrons. The Hall–Kier alpha value is -2.75. The summed E-state index contributed by atoms with van der Waals surface area (Å²) in [5.41, 5.74) is 0.244. The van der Waals surface area contributed by atoms with Crippen LogP contribution in [-0.2, 0) is 30.4 Å². The van der Waals surface area contributed by atoms with Crippen LogP contribution >= 0.6 is 0 Å². The highest BCUT2D eigenvalue weighted by molar-refractivity contribution is 7.86. The largest absolute Gasteiger partial charge is 0.296 e. The van der Waals surface area contributed by atoms with E-state index in [1.165, 1.54) is 18.2 Å². The zero-order chi connectivity index (χ0) is 23.2. The SMILES string of the molecule is Cc1ccc(N=Nc2cc(S(=O)(=O)O)ccc2S(=O)(=O)O)c2ccc(S(=O)(=O)O)cc12. The van der Waals surface area contributed by atoms with Crippen molar-refractivity contribution in [3.63, 3.8) is 0 Å². The first kappa shape index (κ1) is 22.9. The highest BCUT2D eigenvalue weighted by Gasteiger charge is 2.20. The van der Waals surface area contributed by atoms with Gasteiger partial charge in [0.05, 0.1) is 15.5 Å². The van der Waals surface area contributed by atoms with Gasteiger partial charge in [-0.05, 0) is 54.3 Å². The van der Waals surface area contributed by atoms with Crippen molar-refractivity contribution in [3.05, 3.63) is 54.1 Å². The number of fused-ring (bicyclic) bond motifs is 1. The first-order valence-electron chi connectivity index (χ1n) is 8.19. The molecule has 0 aliphatic carbocycles. The van der Waals surface area contributed by atoms with Crippen molar-refractivity contribution < 1.29 is 38.9 Å². The van der Waals surface area contributed by atoms with E-state index in [0.717, 1.165) is 24.3 Å². The second kappa shape index (κ2) is 7.74. The average Bonchev–Trinajstić information content (AvgIpc) is 2.65. The first-order chi connectivity index (χ1) is 14.2. The predicted octanol–water partition coefficient (Wildman–Crippen LogP) is 3.30. The van der Waals surface area contributed by atoms with Crippen molar-refractivity contribution in [2.24, 2.45) is 10.2 Å². The minimum Gasteiger partial charge on any atom is -0.282 e. The molecule has 164 valence electrons. The summed E-state index contributed by atoms with van der Waals surface area (Å²) < 4.78 is 96.4. The number of hydrogen-bond donors (Lipinski definition) is 3. The van der Waals surface area contributed by atoms with Gasteiger partial charge >= 0.3 is 0 Å². The molecule has 0 aromatic heterocycles. The Morgan fingerprint density at radius 3 is 1.74 bits per heavy atom. The van der Waals surface area contributed by atoms with E-state index in [0.29, 0.717) is 16.3 Å². The summed E-state index contributed by atoms with van der Waals surface area (Å²) in [5.74, 6) is 0. The minimum absolute atomic E-state index is 0.154. The minimum atomic E-state index is -4.80. The van der Waals surface area contributed by atoms with Crippen LogP contribution in [0.3, 0.4) is 0 Å². The van der Waals surface area contributed by atoms with E-state index in [-0.39, 0.29) is 10.6 Å². The Morgan fingerprint density at radius 2 is 1.16 bits per heavy atom. The van der Waals surface area contributed by atoms with Gasteiger partial charge in [-0.15, -0.1) is 10.2 Å². The average molecular weight is 487 g/mol. The number of aryl methyl sites for hydroxylation is 1. The maximum atomic E-state index is 11.6. The summed E-state index contributed by atoms with van der Waals surface area (Å²) in [5, 5.41) is 8.42. The molecule has 0 aliphatic heterocycles. The Kier molecular flexibility index (Phi) is 5.72. The molecule has 11 nitrogen and oxygen atoms in total. The maximum Gasteiger partial charge on any atom is 0.296 e. The van der Waals surface area contributed by atoms with Crippen LogP contribution in [0.25, 0.3) is 10.8 Å². The quantitative estimate of drug-likeness (QED) is 0.359. The van der Waals surface area contributed by atoms with Crippen molar-refractivity contribution in [1.29, 1.82) is 0 Å². The lowest BCUT2D eigenvalue weighted by Gasteiger charge is -2.07. The van der Waals surface area contributed by atoms with Crippen molar-refractivity contribution in [1.82, 2.24) is 0 Å². The third-order valence-corrected chi connectivity index (χ3v) is 6.85. The van der Waals surface area contributed by atoms with Crippen LogP contribution in [0.5, 0.6) is 0 Å². The topological polar surface area (TPSA) is 188 Å². The molecule has 0 atom stereocenters. The van der Waals surface area contributed by atoms with Gasteiger partial charge in [-0.3, -0.25) is 13.7 Å². The Labute approximate surface area is 177 Å². The lowest BCUT2D eigenvalue weighted by molar-refractivity contribution is 0.478. The summed E-state index contributed by atoms with van der Waals surface area (Å²) in [6.07, 6.45) is 0. The fraction of sp³-hybridized carbons (Fsp3) is 0.0588. The monoisotopic (exact) mass is 486 g/mol. The highest BCUT2D eigenvalue weighted by atomic mass is 32.2. The second-order valence-electron chi connectivity index (χ2n) is 6.36. The van der Waals surface area contributed by atoms with Crippen molar-refractivity contribution in [2.75, 3.05) is 0 Å². The van der Waals surface area contributed by atoms with Crippen LogP contribution in [0.1, 0.15) is 5.56 Å². The lowest BCUT2D eigenvalue weighted by atomic mass is 10.0. The number of hydrogen-bond acceptors (Lipinski definition) is 8. The van der Waals surface area contributed by atoms with Crippen molar-refractivity contribution in [2.45, 2.75) is 21.6 Å². The molecule has 0 amide bonds. The number of benzene rings is 3. The van der Waals surface area contributed by atoms with Gasteiger partial charge < -0.3 is 0 Å².